The van der Waals surface area contributed by atoms with Gasteiger partial charge in [0.2, 0.25) is 11.8 Å². The molecule has 1 aliphatic carbocycles. The fourth-order valence-corrected chi connectivity index (χ4v) is 4.88. The Balaban J connectivity index is 1.84. The maximum Gasteiger partial charge on any atom is 0.330 e. The summed E-state index contributed by atoms with van der Waals surface area (Å²) in [7, 11) is 0. The van der Waals surface area contributed by atoms with Crippen molar-refractivity contribution in [1.29, 1.82) is 0 Å². The quantitative estimate of drug-likeness (QED) is 0.791. The molecule has 0 aromatic heterocycles. The molecule has 0 aromatic carbocycles. The van der Waals surface area contributed by atoms with Gasteiger partial charge in [0.15, 0.2) is 0 Å². The minimum atomic E-state index is -0.965. The van der Waals surface area contributed by atoms with Crippen molar-refractivity contribution in [2.75, 3.05) is 12.3 Å². The number of hydrogen-bond acceptors (Lipinski definition) is 4. The molecular weight excluding hydrogens is 276 g/mol. The lowest BCUT2D eigenvalue weighted by atomic mass is 9.82. The normalized spacial score (nSPS) is 33.0. The van der Waals surface area contributed by atoms with E-state index in [2.05, 4.69) is 12.2 Å². The zero-order chi connectivity index (χ0) is 14.4. The second-order valence-corrected chi connectivity index (χ2v) is 8.02. The molecule has 0 radical (unpaired) electrons. The molecule has 3 aliphatic rings. The molecule has 0 bridgehead atoms. The van der Waals surface area contributed by atoms with E-state index in [4.69, 9.17) is 0 Å². The highest BCUT2D eigenvalue weighted by molar-refractivity contribution is 8.00. The molecule has 1 atom stereocenters. The SMILES string of the molecule is CC1(CN2C(=O)NC(=O)C3(CCCC3)C2=O)CCCS1. The van der Waals surface area contributed by atoms with Crippen molar-refractivity contribution in [3.8, 4) is 0 Å². The van der Waals surface area contributed by atoms with E-state index >= 15 is 0 Å². The Bertz CT molecular complexity index is 465. The third-order valence-corrected chi connectivity index (χ3v) is 6.33. The van der Waals surface area contributed by atoms with E-state index < -0.39 is 11.4 Å². The molecule has 110 valence electrons. The van der Waals surface area contributed by atoms with Crippen LogP contribution >= 0.6 is 11.8 Å². The molecule has 6 heteroatoms. The van der Waals surface area contributed by atoms with Crippen LogP contribution in [-0.4, -0.2) is 39.8 Å². The average Bonchev–Trinajstić information content (AvgIpc) is 3.03. The van der Waals surface area contributed by atoms with Crippen molar-refractivity contribution < 1.29 is 14.4 Å². The van der Waals surface area contributed by atoms with Crippen molar-refractivity contribution in [1.82, 2.24) is 10.2 Å². The fourth-order valence-electron chi connectivity index (χ4n) is 3.59. The fraction of sp³-hybridized carbons (Fsp3) is 0.786. The lowest BCUT2D eigenvalue weighted by molar-refractivity contribution is -0.151. The van der Waals surface area contributed by atoms with E-state index in [1.54, 1.807) is 0 Å². The Kier molecular flexibility index (Phi) is 3.31. The number of nitrogens with zero attached hydrogens (tertiary/aromatic N) is 1. The van der Waals surface area contributed by atoms with Gasteiger partial charge in [-0.2, -0.15) is 11.8 Å². The molecule has 2 saturated heterocycles. The van der Waals surface area contributed by atoms with E-state index in [1.165, 1.54) is 4.90 Å². The number of hydrogen-bond donors (Lipinski definition) is 1. The summed E-state index contributed by atoms with van der Waals surface area (Å²) in [6.45, 7) is 2.51. The van der Waals surface area contributed by atoms with E-state index in [0.29, 0.717) is 19.4 Å². The monoisotopic (exact) mass is 296 g/mol. The Morgan fingerprint density at radius 2 is 1.85 bits per heavy atom. The van der Waals surface area contributed by atoms with E-state index in [-0.39, 0.29) is 16.6 Å². The summed E-state index contributed by atoms with van der Waals surface area (Å²) in [6.07, 6.45) is 5.04. The number of nitrogens with one attached hydrogen (secondary N) is 1. The van der Waals surface area contributed by atoms with Crippen LogP contribution in [0.15, 0.2) is 0 Å². The lowest BCUT2D eigenvalue weighted by Gasteiger charge is -2.39. The average molecular weight is 296 g/mol. The molecule has 0 aromatic rings. The van der Waals surface area contributed by atoms with Crippen LogP contribution in [0, 0.1) is 5.41 Å². The van der Waals surface area contributed by atoms with E-state index in [0.717, 1.165) is 31.4 Å². The molecule has 3 rings (SSSR count). The number of carbonyl (C=O) groups excluding carboxylic acids is 3. The highest BCUT2D eigenvalue weighted by atomic mass is 32.2. The Morgan fingerprint density at radius 3 is 2.45 bits per heavy atom. The topological polar surface area (TPSA) is 66.5 Å². The van der Waals surface area contributed by atoms with E-state index in [1.807, 2.05) is 11.8 Å². The van der Waals surface area contributed by atoms with Gasteiger partial charge in [0.25, 0.3) is 0 Å². The van der Waals surface area contributed by atoms with Crippen molar-refractivity contribution >= 4 is 29.6 Å². The zero-order valence-electron chi connectivity index (χ0n) is 11.7. The molecule has 1 saturated carbocycles. The number of carbonyl (C=O) groups is 3. The molecule has 1 N–H and O–H groups in total. The summed E-state index contributed by atoms with van der Waals surface area (Å²) in [5.41, 5.74) is -0.965. The summed E-state index contributed by atoms with van der Waals surface area (Å²) in [5.74, 6) is 0.424. The zero-order valence-corrected chi connectivity index (χ0v) is 12.6. The van der Waals surface area contributed by atoms with Gasteiger partial charge in [-0.1, -0.05) is 12.8 Å². The minimum absolute atomic E-state index is 0.0623. The lowest BCUT2D eigenvalue weighted by Crippen LogP contribution is -2.64. The van der Waals surface area contributed by atoms with Crippen molar-refractivity contribution in [2.24, 2.45) is 5.41 Å². The van der Waals surface area contributed by atoms with Crippen molar-refractivity contribution in [3.63, 3.8) is 0 Å². The van der Waals surface area contributed by atoms with Gasteiger partial charge in [-0.05, 0) is 38.4 Å². The van der Waals surface area contributed by atoms with Crippen LogP contribution in [0.4, 0.5) is 4.79 Å². The Labute approximate surface area is 122 Å². The second kappa shape index (κ2) is 4.76. The van der Waals surface area contributed by atoms with Gasteiger partial charge in [0.05, 0.1) is 0 Å². The largest absolute Gasteiger partial charge is 0.330 e. The third kappa shape index (κ3) is 2.05. The second-order valence-electron chi connectivity index (χ2n) is 6.34. The molecule has 5 nitrogen and oxygen atoms in total. The standard InChI is InChI=1S/C14H20N2O3S/c1-13(5-4-8-20-13)9-16-11(18)14(6-2-3-7-14)10(17)15-12(16)19/h2-9H2,1H3,(H,15,17,19). The van der Waals surface area contributed by atoms with Crippen LogP contribution in [0.1, 0.15) is 45.4 Å². The summed E-state index contributed by atoms with van der Waals surface area (Å²) in [5, 5.41) is 2.40. The summed E-state index contributed by atoms with van der Waals surface area (Å²) < 4.78 is -0.0623. The van der Waals surface area contributed by atoms with Crippen molar-refractivity contribution in [2.45, 2.75) is 50.2 Å². The third-order valence-electron chi connectivity index (χ3n) is 4.80. The van der Waals surface area contributed by atoms with Crippen LogP contribution < -0.4 is 5.32 Å². The molecular formula is C14H20N2O3S. The molecule has 2 heterocycles. The van der Waals surface area contributed by atoms with Crippen molar-refractivity contribution in [3.05, 3.63) is 0 Å². The number of urea groups is 1. The molecule has 3 fully saturated rings. The number of amides is 4. The van der Waals surface area contributed by atoms with E-state index in [9.17, 15) is 14.4 Å². The van der Waals surface area contributed by atoms with Crippen LogP contribution in [0.3, 0.4) is 0 Å². The van der Waals surface area contributed by atoms with Gasteiger partial charge in [0, 0.05) is 11.3 Å². The highest BCUT2D eigenvalue weighted by Gasteiger charge is 2.55. The van der Waals surface area contributed by atoms with Gasteiger partial charge in [0.1, 0.15) is 5.41 Å². The first-order valence-electron chi connectivity index (χ1n) is 7.28. The smallest absolute Gasteiger partial charge is 0.277 e. The van der Waals surface area contributed by atoms with Crippen LogP contribution in [0.5, 0.6) is 0 Å². The first-order valence-corrected chi connectivity index (χ1v) is 8.27. The highest BCUT2D eigenvalue weighted by Crippen LogP contribution is 2.44. The first kappa shape index (κ1) is 13.9. The van der Waals surface area contributed by atoms with Crippen LogP contribution in [-0.2, 0) is 9.59 Å². The summed E-state index contributed by atoms with van der Waals surface area (Å²) >= 11 is 1.82. The van der Waals surface area contributed by atoms with Crippen LogP contribution in [0.2, 0.25) is 0 Å². The van der Waals surface area contributed by atoms with Gasteiger partial charge < -0.3 is 0 Å². The van der Waals surface area contributed by atoms with Gasteiger partial charge >= 0.3 is 6.03 Å². The van der Waals surface area contributed by atoms with Crippen LogP contribution in [0.25, 0.3) is 0 Å². The maximum atomic E-state index is 12.7. The Morgan fingerprint density at radius 1 is 1.15 bits per heavy atom. The predicted octanol–water partition coefficient (Wildman–Crippen LogP) is 1.91. The van der Waals surface area contributed by atoms with Gasteiger partial charge in [-0.25, -0.2) is 4.79 Å². The van der Waals surface area contributed by atoms with Gasteiger partial charge in [-0.3, -0.25) is 19.8 Å². The Hall–Kier alpha value is -1.04. The number of imide groups is 2. The molecule has 4 amide bonds. The maximum absolute atomic E-state index is 12.7. The minimum Gasteiger partial charge on any atom is -0.277 e. The predicted molar refractivity (Wildman–Crippen MR) is 76.2 cm³/mol. The molecule has 1 unspecified atom stereocenters. The number of rotatable bonds is 2. The molecule has 1 spiro atoms. The number of thioether (sulfide) groups is 1. The first-order chi connectivity index (χ1) is 9.47. The molecule has 20 heavy (non-hydrogen) atoms. The van der Waals surface area contributed by atoms with Gasteiger partial charge in [-0.15, -0.1) is 0 Å². The number of barbiturate groups is 1. The summed E-state index contributed by atoms with van der Waals surface area (Å²) in [4.78, 5) is 38.2. The molecule has 2 aliphatic heterocycles. The summed E-state index contributed by atoms with van der Waals surface area (Å²) in [6, 6.07) is -0.536.